The zero-order valence-corrected chi connectivity index (χ0v) is 20.2. The molecule has 0 spiro atoms. The largest absolute Gasteiger partial charge is 0.496 e. The summed E-state index contributed by atoms with van der Waals surface area (Å²) in [6.07, 6.45) is 1.67. The van der Waals surface area contributed by atoms with Gasteiger partial charge in [0.1, 0.15) is 5.75 Å². The number of methoxy groups -OCH3 is 3. The number of nitrogens with zero attached hydrogens (tertiary/aromatic N) is 2. The van der Waals surface area contributed by atoms with Gasteiger partial charge in [-0.15, -0.1) is 0 Å². The number of hydrogen-bond acceptors (Lipinski definition) is 8. The van der Waals surface area contributed by atoms with E-state index in [1.165, 1.54) is 30.7 Å². The Morgan fingerprint density at radius 3 is 2.36 bits per heavy atom. The minimum absolute atomic E-state index is 0.0421. The predicted octanol–water partition coefficient (Wildman–Crippen LogP) is 1.68. The number of rotatable bonds is 8. The number of aromatic nitrogens is 1. The Hall–Kier alpha value is -2.89. The first-order chi connectivity index (χ1) is 15.7. The van der Waals surface area contributed by atoms with Crippen LogP contribution in [0.2, 0.25) is 0 Å². The molecule has 11 heteroatoms. The molecule has 1 fully saturated rings. The number of sulfonamides is 1. The van der Waals surface area contributed by atoms with Crippen LogP contribution in [0.15, 0.2) is 23.2 Å². The summed E-state index contributed by atoms with van der Waals surface area (Å²) in [5.74, 6) is 0.461. The van der Waals surface area contributed by atoms with Crippen LogP contribution < -0.4 is 19.5 Å². The lowest BCUT2D eigenvalue weighted by molar-refractivity contribution is 0.0730. The fraction of sp³-hybridized carbons (Fsp3) is 0.455. The van der Waals surface area contributed by atoms with Crippen LogP contribution >= 0.6 is 0 Å². The van der Waals surface area contributed by atoms with Gasteiger partial charge in [0.15, 0.2) is 11.5 Å². The van der Waals surface area contributed by atoms with E-state index in [2.05, 4.69) is 10.3 Å². The van der Waals surface area contributed by atoms with Gasteiger partial charge in [-0.1, -0.05) is 0 Å². The number of ether oxygens (including phenoxy) is 4. The Kier molecular flexibility index (Phi) is 7.77. The zero-order chi connectivity index (χ0) is 24.2. The van der Waals surface area contributed by atoms with Gasteiger partial charge in [-0.05, 0) is 19.9 Å². The van der Waals surface area contributed by atoms with Crippen LogP contribution in [0.3, 0.4) is 0 Å². The van der Waals surface area contributed by atoms with E-state index < -0.39 is 15.9 Å². The van der Waals surface area contributed by atoms with E-state index in [0.29, 0.717) is 24.7 Å². The van der Waals surface area contributed by atoms with Crippen molar-refractivity contribution in [1.82, 2.24) is 14.6 Å². The van der Waals surface area contributed by atoms with Crippen molar-refractivity contribution >= 4 is 15.9 Å². The minimum Gasteiger partial charge on any atom is -0.496 e. The van der Waals surface area contributed by atoms with Crippen LogP contribution in [0.1, 0.15) is 27.2 Å². The highest BCUT2D eigenvalue weighted by Gasteiger charge is 2.30. The lowest BCUT2D eigenvalue weighted by atomic mass is 10.1. The van der Waals surface area contributed by atoms with E-state index in [4.69, 9.17) is 18.9 Å². The lowest BCUT2D eigenvalue weighted by Crippen LogP contribution is -2.40. The van der Waals surface area contributed by atoms with Crippen molar-refractivity contribution in [3.05, 3.63) is 40.7 Å². The highest BCUT2D eigenvalue weighted by atomic mass is 32.2. The molecule has 2 aromatic rings. The maximum atomic E-state index is 13.2. The van der Waals surface area contributed by atoms with Crippen molar-refractivity contribution in [2.75, 3.05) is 47.6 Å². The third-order valence-electron chi connectivity index (χ3n) is 5.47. The third-order valence-corrected chi connectivity index (χ3v) is 7.35. The maximum absolute atomic E-state index is 13.2. The van der Waals surface area contributed by atoms with Gasteiger partial charge in [-0.2, -0.15) is 4.31 Å². The van der Waals surface area contributed by atoms with Crippen molar-refractivity contribution < 1.29 is 32.2 Å². The first kappa shape index (κ1) is 24.7. The van der Waals surface area contributed by atoms with Gasteiger partial charge in [0, 0.05) is 36.5 Å². The standard InChI is InChI=1S/C22H29N3O7S/c1-14-12-23-18(15(2)20(14)30-4)13-24-22(26)17-10-16(11-19(29-3)21(17)31-5)33(27,28)25-6-8-32-9-7-25/h10-12H,6-9,13H2,1-5H3,(H,24,26). The molecule has 0 unspecified atom stereocenters. The van der Waals surface area contributed by atoms with Gasteiger partial charge in [0.25, 0.3) is 5.91 Å². The van der Waals surface area contributed by atoms with Crippen LogP contribution in [0.5, 0.6) is 17.2 Å². The maximum Gasteiger partial charge on any atom is 0.255 e. The molecule has 1 aliphatic heterocycles. The number of morpholine rings is 1. The Morgan fingerprint density at radius 1 is 1.09 bits per heavy atom. The average Bonchev–Trinajstić information content (AvgIpc) is 2.83. The number of hydrogen-bond donors (Lipinski definition) is 1. The van der Waals surface area contributed by atoms with Crippen molar-refractivity contribution in [3.63, 3.8) is 0 Å². The summed E-state index contributed by atoms with van der Waals surface area (Å²) in [7, 11) is 0.500. The highest BCUT2D eigenvalue weighted by Crippen LogP contribution is 2.35. The summed E-state index contributed by atoms with van der Waals surface area (Å²) in [5, 5.41) is 2.79. The van der Waals surface area contributed by atoms with Crippen LogP contribution in [0.4, 0.5) is 0 Å². The molecular weight excluding hydrogens is 450 g/mol. The highest BCUT2D eigenvalue weighted by molar-refractivity contribution is 7.89. The number of pyridine rings is 1. The third kappa shape index (κ3) is 5.05. The summed E-state index contributed by atoms with van der Waals surface area (Å²) < 4.78 is 49.1. The molecular formula is C22H29N3O7S. The van der Waals surface area contributed by atoms with Gasteiger partial charge in [-0.25, -0.2) is 8.42 Å². The molecule has 1 aromatic carbocycles. The second kappa shape index (κ2) is 10.4. The average molecular weight is 480 g/mol. The van der Waals surface area contributed by atoms with E-state index in [0.717, 1.165) is 11.1 Å². The van der Waals surface area contributed by atoms with Crippen LogP contribution in [0, 0.1) is 13.8 Å². The summed E-state index contributed by atoms with van der Waals surface area (Å²) in [6, 6.07) is 2.66. The molecule has 1 aromatic heterocycles. The fourth-order valence-electron chi connectivity index (χ4n) is 3.70. The molecule has 1 aliphatic rings. The molecule has 33 heavy (non-hydrogen) atoms. The Balaban J connectivity index is 1.94. The van der Waals surface area contributed by atoms with Gasteiger partial charge in [0.2, 0.25) is 10.0 Å². The fourth-order valence-corrected chi connectivity index (χ4v) is 5.15. The van der Waals surface area contributed by atoms with E-state index in [1.54, 1.807) is 13.3 Å². The molecule has 0 bridgehead atoms. The van der Waals surface area contributed by atoms with Crippen LogP contribution in [-0.2, 0) is 21.3 Å². The first-order valence-electron chi connectivity index (χ1n) is 10.4. The molecule has 0 atom stereocenters. The molecule has 0 aliphatic carbocycles. The van der Waals surface area contributed by atoms with Gasteiger partial charge >= 0.3 is 0 Å². The topological polar surface area (TPSA) is 116 Å². The van der Waals surface area contributed by atoms with Crippen molar-refractivity contribution in [2.45, 2.75) is 25.3 Å². The van der Waals surface area contributed by atoms with Gasteiger partial charge < -0.3 is 24.3 Å². The number of carbonyl (C=O) groups is 1. The summed E-state index contributed by atoms with van der Waals surface area (Å²) in [4.78, 5) is 17.4. The summed E-state index contributed by atoms with van der Waals surface area (Å²) in [5.41, 5.74) is 2.37. The summed E-state index contributed by atoms with van der Waals surface area (Å²) >= 11 is 0. The lowest BCUT2D eigenvalue weighted by Gasteiger charge is -2.26. The molecule has 180 valence electrons. The number of benzene rings is 1. The molecule has 1 amide bonds. The Bertz CT molecular complexity index is 1130. The second-order valence-corrected chi connectivity index (χ2v) is 9.39. The van der Waals surface area contributed by atoms with Crippen molar-refractivity contribution in [1.29, 1.82) is 0 Å². The van der Waals surface area contributed by atoms with Gasteiger partial charge in [-0.3, -0.25) is 9.78 Å². The predicted molar refractivity (Wildman–Crippen MR) is 121 cm³/mol. The van der Waals surface area contributed by atoms with Crippen LogP contribution in [-0.4, -0.2) is 71.2 Å². The monoisotopic (exact) mass is 479 g/mol. The van der Waals surface area contributed by atoms with E-state index in [9.17, 15) is 13.2 Å². The summed E-state index contributed by atoms with van der Waals surface area (Å²) in [6.45, 7) is 4.96. The molecule has 1 N–H and O–H groups in total. The molecule has 2 heterocycles. The molecule has 1 saturated heterocycles. The normalized spacial score (nSPS) is 14.6. The molecule has 3 rings (SSSR count). The minimum atomic E-state index is -3.85. The number of nitrogens with one attached hydrogen (secondary N) is 1. The van der Waals surface area contributed by atoms with Gasteiger partial charge in [0.05, 0.1) is 57.2 Å². The van der Waals surface area contributed by atoms with E-state index >= 15 is 0 Å². The second-order valence-electron chi connectivity index (χ2n) is 7.45. The molecule has 10 nitrogen and oxygen atoms in total. The first-order valence-corrected chi connectivity index (χ1v) is 11.8. The quantitative estimate of drug-likeness (QED) is 0.608. The van der Waals surface area contributed by atoms with Crippen LogP contribution in [0.25, 0.3) is 0 Å². The Labute approximate surface area is 193 Å². The SMILES string of the molecule is COc1cc(S(=O)(=O)N2CCOCC2)cc(C(=O)NCc2ncc(C)c(OC)c2C)c1OC. The smallest absolute Gasteiger partial charge is 0.255 e. The molecule has 0 saturated carbocycles. The molecule has 0 radical (unpaired) electrons. The van der Waals surface area contributed by atoms with Crippen molar-refractivity contribution in [3.8, 4) is 17.2 Å². The van der Waals surface area contributed by atoms with E-state index in [-0.39, 0.29) is 41.6 Å². The number of carbonyl (C=O) groups excluding carboxylic acids is 1. The number of aryl methyl sites for hydroxylation is 1. The number of amides is 1. The van der Waals surface area contributed by atoms with Crippen molar-refractivity contribution in [2.24, 2.45) is 0 Å². The zero-order valence-electron chi connectivity index (χ0n) is 19.4. The van der Waals surface area contributed by atoms with E-state index in [1.807, 2.05) is 13.8 Å². The Morgan fingerprint density at radius 2 is 1.76 bits per heavy atom.